The molecule has 4 bridgehead atoms. The van der Waals surface area contributed by atoms with Gasteiger partial charge in [-0.2, -0.15) is 0 Å². The first-order valence-electron chi connectivity index (χ1n) is 15.6. The van der Waals surface area contributed by atoms with Crippen molar-refractivity contribution in [2.45, 2.75) is 128 Å². The molecule has 3 heterocycles. The van der Waals surface area contributed by atoms with Crippen LogP contribution < -0.4 is 5.56 Å². The normalized spacial score (nSPS) is 30.9. The second-order valence-corrected chi connectivity index (χ2v) is 13.0. The number of aromatic nitrogens is 2. The minimum absolute atomic E-state index is 0.0838. The number of fused-ring (bicyclic) bond motifs is 5. The summed E-state index contributed by atoms with van der Waals surface area (Å²) in [5, 5.41) is 13.6. The Labute approximate surface area is 236 Å². The van der Waals surface area contributed by atoms with E-state index in [1.54, 1.807) is 0 Å². The van der Waals surface area contributed by atoms with Gasteiger partial charge >= 0.3 is 5.97 Å². The van der Waals surface area contributed by atoms with Gasteiger partial charge < -0.3 is 14.5 Å². The van der Waals surface area contributed by atoms with Crippen LogP contribution in [0.15, 0.2) is 34.2 Å². The zero-order valence-corrected chi connectivity index (χ0v) is 24.0. The largest absolute Gasteiger partial charge is 0.481 e. The summed E-state index contributed by atoms with van der Waals surface area (Å²) in [4.78, 5) is 38.8. The molecule has 0 amide bonds. The number of nitrogens with zero attached hydrogens (tertiary/aromatic N) is 4. The van der Waals surface area contributed by atoms with E-state index in [-0.39, 0.29) is 36.2 Å². The van der Waals surface area contributed by atoms with Gasteiger partial charge in [-0.1, -0.05) is 43.0 Å². The van der Waals surface area contributed by atoms with Crippen molar-refractivity contribution in [1.82, 2.24) is 14.5 Å². The Morgan fingerprint density at radius 3 is 2.30 bits per heavy atom. The molecular weight excluding hydrogens is 504 g/mol. The minimum atomic E-state index is -0.939. The fourth-order valence-corrected chi connectivity index (χ4v) is 8.44. The van der Waals surface area contributed by atoms with Crippen LogP contribution in [0, 0.1) is 11.8 Å². The van der Waals surface area contributed by atoms with Crippen molar-refractivity contribution in [3.8, 4) is 0 Å². The lowest BCUT2D eigenvalue weighted by Crippen LogP contribution is -2.58. The van der Waals surface area contributed by atoms with Crippen LogP contribution in [-0.2, 0) is 9.63 Å². The number of hydrogen-bond acceptors (Lipinski definition) is 6. The maximum atomic E-state index is 14.3. The van der Waals surface area contributed by atoms with E-state index in [2.05, 4.69) is 10.1 Å². The molecule has 0 radical (unpaired) electrons. The molecule has 2 saturated heterocycles. The molecule has 4 unspecified atom stereocenters. The van der Waals surface area contributed by atoms with Crippen LogP contribution in [-0.4, -0.2) is 55.5 Å². The molecule has 1 N–H and O–H groups in total. The first-order valence-corrected chi connectivity index (χ1v) is 15.6. The number of para-hydroxylation sites is 2. The molecule has 6 rings (SSSR count). The predicted octanol–water partition coefficient (Wildman–Crippen LogP) is 5.92. The zero-order valence-electron chi connectivity index (χ0n) is 24.0. The summed E-state index contributed by atoms with van der Waals surface area (Å²) in [6.45, 7) is 3.72. The number of carbonyl (C=O) groups is 1. The standard InChI is InChI=1S/C32H44N4O4/c1-20(2)40-34-28(13-14-30(37)38)31-32(39)36(29-12-4-3-11-27(29)33-31)26-18-23-9-6-10-24(19-26)35(23)25-16-21-7-5-8-22(15-21)17-25/h3-4,11-12,20-26H,5-10,13-19H2,1-2H3,(H,37,38)/t21?,22?,23-,24?,25?,26?/m0/s1. The Hall–Kier alpha value is -2.74. The van der Waals surface area contributed by atoms with Crippen LogP contribution in [0.5, 0.6) is 0 Å². The van der Waals surface area contributed by atoms with Gasteiger partial charge in [0.05, 0.1) is 17.5 Å². The fraction of sp³-hybridized carbons (Fsp3) is 0.688. The average molecular weight is 549 g/mol. The Morgan fingerprint density at radius 1 is 0.950 bits per heavy atom. The van der Waals surface area contributed by atoms with E-state index in [0.717, 1.165) is 35.7 Å². The van der Waals surface area contributed by atoms with Crippen LogP contribution in [0.2, 0.25) is 0 Å². The molecule has 0 spiro atoms. The van der Waals surface area contributed by atoms with E-state index in [9.17, 15) is 14.7 Å². The molecule has 8 heteroatoms. The summed E-state index contributed by atoms with van der Waals surface area (Å²) < 4.78 is 1.97. The van der Waals surface area contributed by atoms with Crippen LogP contribution >= 0.6 is 0 Å². The smallest absolute Gasteiger partial charge is 0.303 e. The second-order valence-electron chi connectivity index (χ2n) is 13.0. The Kier molecular flexibility index (Phi) is 7.98. The average Bonchev–Trinajstić information content (AvgIpc) is 2.92. The Bertz CT molecular complexity index is 1290. The molecule has 216 valence electrons. The molecule has 2 aliphatic carbocycles. The van der Waals surface area contributed by atoms with Crippen molar-refractivity contribution in [3.63, 3.8) is 0 Å². The predicted molar refractivity (Wildman–Crippen MR) is 156 cm³/mol. The zero-order chi connectivity index (χ0) is 27.8. The van der Waals surface area contributed by atoms with Crippen LogP contribution in [0.4, 0.5) is 0 Å². The summed E-state index contributed by atoms with van der Waals surface area (Å²) >= 11 is 0. The summed E-state index contributed by atoms with van der Waals surface area (Å²) in [6.07, 6.45) is 13.8. The minimum Gasteiger partial charge on any atom is -0.481 e. The highest BCUT2D eigenvalue weighted by Gasteiger charge is 2.45. The van der Waals surface area contributed by atoms with Crippen molar-refractivity contribution in [1.29, 1.82) is 0 Å². The number of carboxylic acids is 1. The molecule has 1 aromatic heterocycles. The van der Waals surface area contributed by atoms with Crippen LogP contribution in [0.25, 0.3) is 11.0 Å². The van der Waals surface area contributed by atoms with E-state index in [1.807, 2.05) is 42.7 Å². The van der Waals surface area contributed by atoms with E-state index >= 15 is 0 Å². The van der Waals surface area contributed by atoms with Crippen molar-refractivity contribution in [3.05, 3.63) is 40.3 Å². The highest BCUT2D eigenvalue weighted by molar-refractivity contribution is 6.00. The highest BCUT2D eigenvalue weighted by atomic mass is 16.6. The van der Waals surface area contributed by atoms with Gasteiger partial charge in [0.15, 0.2) is 5.69 Å². The summed E-state index contributed by atoms with van der Waals surface area (Å²) in [6, 6.07) is 9.63. The lowest BCUT2D eigenvalue weighted by Gasteiger charge is -2.55. The van der Waals surface area contributed by atoms with Crippen LogP contribution in [0.1, 0.15) is 109 Å². The number of piperidine rings is 2. The first kappa shape index (κ1) is 27.4. The molecule has 2 aromatic rings. The van der Waals surface area contributed by atoms with Gasteiger partial charge in [-0.3, -0.25) is 14.5 Å². The van der Waals surface area contributed by atoms with Gasteiger partial charge in [-0.05, 0) is 82.8 Å². The fourth-order valence-electron chi connectivity index (χ4n) is 8.44. The monoisotopic (exact) mass is 548 g/mol. The molecule has 4 fully saturated rings. The van der Waals surface area contributed by atoms with E-state index in [0.29, 0.717) is 23.8 Å². The molecule has 1 aromatic carbocycles. The molecule has 2 saturated carbocycles. The van der Waals surface area contributed by atoms with Gasteiger partial charge in [-0.25, -0.2) is 4.98 Å². The Balaban J connectivity index is 1.35. The number of rotatable bonds is 8. The third kappa shape index (κ3) is 5.56. The third-order valence-electron chi connectivity index (χ3n) is 9.91. The maximum Gasteiger partial charge on any atom is 0.303 e. The number of hydrogen-bond donors (Lipinski definition) is 1. The van der Waals surface area contributed by atoms with Gasteiger partial charge in [-0.15, -0.1) is 0 Å². The van der Waals surface area contributed by atoms with Crippen molar-refractivity contribution >= 4 is 22.7 Å². The third-order valence-corrected chi connectivity index (χ3v) is 9.91. The maximum absolute atomic E-state index is 14.3. The van der Waals surface area contributed by atoms with Crippen molar-refractivity contribution < 1.29 is 14.7 Å². The van der Waals surface area contributed by atoms with Crippen LogP contribution in [0.3, 0.4) is 0 Å². The van der Waals surface area contributed by atoms with E-state index in [1.165, 1.54) is 57.8 Å². The SMILES string of the molecule is CC(C)ON=C(CCC(=O)O)c1nc2ccccc2n(C2CC3CCC[C@@H](C2)N3C2CC3CCCC(C3)C2)c1=O. The lowest BCUT2D eigenvalue weighted by molar-refractivity contribution is -0.136. The summed E-state index contributed by atoms with van der Waals surface area (Å²) in [7, 11) is 0. The van der Waals surface area contributed by atoms with Gasteiger partial charge in [0, 0.05) is 30.6 Å². The van der Waals surface area contributed by atoms with Gasteiger partial charge in [0.25, 0.3) is 5.56 Å². The number of benzene rings is 1. The molecule has 5 atom stereocenters. The molecule has 4 aliphatic rings. The van der Waals surface area contributed by atoms with E-state index in [4.69, 9.17) is 9.82 Å². The van der Waals surface area contributed by atoms with Gasteiger partial charge in [0.2, 0.25) is 0 Å². The lowest BCUT2D eigenvalue weighted by atomic mass is 9.68. The van der Waals surface area contributed by atoms with Crippen molar-refractivity contribution in [2.24, 2.45) is 17.0 Å². The highest BCUT2D eigenvalue weighted by Crippen LogP contribution is 2.47. The summed E-state index contributed by atoms with van der Waals surface area (Å²) in [5.41, 5.74) is 1.93. The number of carboxylic acid groups (broad SMARTS) is 1. The topological polar surface area (TPSA) is 97.0 Å². The molecule has 40 heavy (non-hydrogen) atoms. The number of oxime groups is 1. The summed E-state index contributed by atoms with van der Waals surface area (Å²) in [5.74, 6) is 0.870. The molecule has 2 aliphatic heterocycles. The molecule has 8 nitrogen and oxygen atoms in total. The molecular formula is C32H44N4O4. The Morgan fingerprint density at radius 2 is 1.62 bits per heavy atom. The van der Waals surface area contributed by atoms with Crippen molar-refractivity contribution in [2.75, 3.05) is 0 Å². The van der Waals surface area contributed by atoms with Gasteiger partial charge in [0.1, 0.15) is 11.8 Å². The van der Waals surface area contributed by atoms with E-state index < -0.39 is 5.97 Å². The number of aliphatic carboxylic acids is 1. The second kappa shape index (κ2) is 11.6. The first-order chi connectivity index (χ1) is 19.4. The quantitative estimate of drug-likeness (QED) is 0.325.